The number of hydrogen-bond donors (Lipinski definition) is 1. The minimum absolute atomic E-state index is 0.130. The van der Waals surface area contributed by atoms with Gasteiger partial charge in [-0.3, -0.25) is 9.48 Å². The summed E-state index contributed by atoms with van der Waals surface area (Å²) in [5.74, 6) is 0.689. The summed E-state index contributed by atoms with van der Waals surface area (Å²) < 4.78 is 1.81. The number of hydrogen-bond acceptors (Lipinski definition) is 3. The maximum Gasteiger partial charge on any atom is 0.251 e. The van der Waals surface area contributed by atoms with Crippen LogP contribution in [0.3, 0.4) is 0 Å². The Labute approximate surface area is 106 Å². The summed E-state index contributed by atoms with van der Waals surface area (Å²) in [5.41, 5.74) is 1.22. The Bertz CT molecular complexity index is 604. The van der Waals surface area contributed by atoms with Crippen molar-refractivity contribution in [2.75, 3.05) is 0 Å². The summed E-state index contributed by atoms with van der Waals surface area (Å²) in [6.45, 7) is 8.87. The normalized spacial score (nSPS) is 11.8. The largest absolute Gasteiger partial charge is 0.310 e. The standard InChI is InChI=1S/C13H18N4O/c1-5-17-8-9(7-14-17)10-6-11(18)16-12(15-10)13(2,3)4/h6-8H,5H2,1-4H3,(H,15,16,18). The first kappa shape index (κ1) is 12.5. The van der Waals surface area contributed by atoms with Gasteiger partial charge in [0.2, 0.25) is 0 Å². The van der Waals surface area contributed by atoms with E-state index in [9.17, 15) is 4.79 Å². The molecule has 0 spiro atoms. The van der Waals surface area contributed by atoms with E-state index < -0.39 is 0 Å². The molecule has 0 aromatic carbocycles. The van der Waals surface area contributed by atoms with Crippen LogP contribution in [0.5, 0.6) is 0 Å². The fourth-order valence-electron chi connectivity index (χ4n) is 1.63. The van der Waals surface area contributed by atoms with Crippen molar-refractivity contribution in [1.82, 2.24) is 19.7 Å². The first-order chi connectivity index (χ1) is 8.40. The maximum absolute atomic E-state index is 11.7. The lowest BCUT2D eigenvalue weighted by molar-refractivity contribution is 0.543. The van der Waals surface area contributed by atoms with Crippen molar-refractivity contribution in [3.8, 4) is 11.3 Å². The Morgan fingerprint density at radius 3 is 2.67 bits per heavy atom. The molecular weight excluding hydrogens is 228 g/mol. The van der Waals surface area contributed by atoms with Crippen molar-refractivity contribution >= 4 is 0 Å². The molecule has 0 saturated heterocycles. The summed E-state index contributed by atoms with van der Waals surface area (Å²) in [5, 5.41) is 4.20. The molecule has 1 N–H and O–H groups in total. The third-order valence-electron chi connectivity index (χ3n) is 2.71. The second-order valence-electron chi connectivity index (χ2n) is 5.31. The van der Waals surface area contributed by atoms with Gasteiger partial charge in [-0.15, -0.1) is 0 Å². The van der Waals surface area contributed by atoms with Gasteiger partial charge in [0.15, 0.2) is 0 Å². The van der Waals surface area contributed by atoms with Crippen molar-refractivity contribution in [2.45, 2.75) is 39.7 Å². The molecule has 96 valence electrons. The highest BCUT2D eigenvalue weighted by Crippen LogP contribution is 2.20. The van der Waals surface area contributed by atoms with Crippen molar-refractivity contribution in [3.05, 3.63) is 34.6 Å². The third-order valence-corrected chi connectivity index (χ3v) is 2.71. The van der Waals surface area contributed by atoms with Gasteiger partial charge in [-0.25, -0.2) is 4.98 Å². The topological polar surface area (TPSA) is 63.6 Å². The van der Waals surface area contributed by atoms with Gasteiger partial charge in [-0.05, 0) is 6.92 Å². The van der Waals surface area contributed by atoms with E-state index >= 15 is 0 Å². The van der Waals surface area contributed by atoms with Crippen LogP contribution >= 0.6 is 0 Å². The number of nitrogens with one attached hydrogen (secondary N) is 1. The average molecular weight is 246 g/mol. The summed E-state index contributed by atoms with van der Waals surface area (Å²) in [6.07, 6.45) is 3.63. The lowest BCUT2D eigenvalue weighted by Crippen LogP contribution is -2.21. The minimum Gasteiger partial charge on any atom is -0.310 e. The van der Waals surface area contributed by atoms with Crippen molar-refractivity contribution in [2.24, 2.45) is 0 Å². The number of H-pyrrole nitrogens is 1. The number of nitrogens with zero attached hydrogens (tertiary/aromatic N) is 3. The lowest BCUT2D eigenvalue weighted by atomic mass is 9.95. The van der Waals surface area contributed by atoms with Gasteiger partial charge in [0.1, 0.15) is 5.82 Å². The van der Waals surface area contributed by atoms with E-state index in [2.05, 4.69) is 15.1 Å². The molecule has 0 radical (unpaired) electrons. The molecular formula is C13H18N4O. The van der Waals surface area contributed by atoms with Crippen LogP contribution in [-0.2, 0) is 12.0 Å². The summed E-state index contributed by atoms with van der Waals surface area (Å²) >= 11 is 0. The van der Waals surface area contributed by atoms with Crippen LogP contribution in [-0.4, -0.2) is 19.7 Å². The second kappa shape index (κ2) is 4.40. The molecule has 5 heteroatoms. The molecule has 18 heavy (non-hydrogen) atoms. The average Bonchev–Trinajstić information content (AvgIpc) is 2.75. The van der Waals surface area contributed by atoms with Crippen molar-refractivity contribution in [3.63, 3.8) is 0 Å². The van der Waals surface area contributed by atoms with Crippen LogP contribution < -0.4 is 5.56 Å². The van der Waals surface area contributed by atoms with Gasteiger partial charge in [-0.2, -0.15) is 5.10 Å². The lowest BCUT2D eigenvalue weighted by Gasteiger charge is -2.17. The van der Waals surface area contributed by atoms with Gasteiger partial charge in [0, 0.05) is 29.8 Å². The van der Waals surface area contributed by atoms with E-state index in [1.165, 1.54) is 6.07 Å². The fourth-order valence-corrected chi connectivity index (χ4v) is 1.63. The molecule has 0 aliphatic heterocycles. The third kappa shape index (κ3) is 2.50. The first-order valence-corrected chi connectivity index (χ1v) is 6.05. The fraction of sp³-hybridized carbons (Fsp3) is 0.462. The van der Waals surface area contributed by atoms with Crippen LogP contribution in [0.4, 0.5) is 0 Å². The second-order valence-corrected chi connectivity index (χ2v) is 5.31. The predicted molar refractivity (Wildman–Crippen MR) is 70.5 cm³/mol. The smallest absolute Gasteiger partial charge is 0.251 e. The maximum atomic E-state index is 11.7. The zero-order valence-corrected chi connectivity index (χ0v) is 11.2. The Morgan fingerprint density at radius 1 is 1.39 bits per heavy atom. The Hall–Kier alpha value is -1.91. The van der Waals surface area contributed by atoms with E-state index in [1.807, 2.05) is 38.6 Å². The Morgan fingerprint density at radius 2 is 2.11 bits per heavy atom. The molecule has 0 amide bonds. The molecule has 2 heterocycles. The molecule has 2 aromatic rings. The van der Waals surface area contributed by atoms with Crippen LogP contribution in [0.15, 0.2) is 23.3 Å². The molecule has 0 aliphatic rings. The summed E-state index contributed by atoms with van der Waals surface area (Å²) in [4.78, 5) is 19.0. The zero-order chi connectivity index (χ0) is 13.3. The molecule has 0 aliphatic carbocycles. The molecule has 0 saturated carbocycles. The predicted octanol–water partition coefficient (Wildman–Crippen LogP) is 1.95. The highest BCUT2D eigenvalue weighted by atomic mass is 16.1. The van der Waals surface area contributed by atoms with Crippen molar-refractivity contribution in [1.29, 1.82) is 0 Å². The molecule has 2 aromatic heterocycles. The van der Waals surface area contributed by atoms with Gasteiger partial charge >= 0.3 is 0 Å². The number of aromatic nitrogens is 4. The van der Waals surface area contributed by atoms with Gasteiger partial charge in [0.25, 0.3) is 5.56 Å². The van der Waals surface area contributed by atoms with Gasteiger partial charge in [-0.1, -0.05) is 20.8 Å². The Balaban J connectivity index is 2.51. The minimum atomic E-state index is -0.185. The summed E-state index contributed by atoms with van der Waals surface area (Å²) in [6, 6.07) is 1.51. The van der Waals surface area contributed by atoms with E-state index in [-0.39, 0.29) is 11.0 Å². The number of rotatable bonds is 2. The molecule has 0 atom stereocenters. The van der Waals surface area contributed by atoms with E-state index in [0.29, 0.717) is 11.5 Å². The van der Waals surface area contributed by atoms with E-state index in [0.717, 1.165) is 12.1 Å². The van der Waals surface area contributed by atoms with E-state index in [4.69, 9.17) is 0 Å². The quantitative estimate of drug-likeness (QED) is 0.880. The molecule has 2 rings (SSSR count). The highest BCUT2D eigenvalue weighted by molar-refractivity contribution is 5.56. The monoisotopic (exact) mass is 246 g/mol. The summed E-state index contributed by atoms with van der Waals surface area (Å²) in [7, 11) is 0. The molecule has 5 nitrogen and oxygen atoms in total. The SMILES string of the molecule is CCn1cc(-c2cc(=O)[nH]c(C(C)(C)C)n2)cn1. The molecule has 0 fully saturated rings. The number of aryl methyl sites for hydroxylation is 1. The molecule has 0 unspecified atom stereocenters. The van der Waals surface area contributed by atoms with Crippen LogP contribution in [0, 0.1) is 0 Å². The first-order valence-electron chi connectivity index (χ1n) is 6.05. The van der Waals surface area contributed by atoms with Crippen LogP contribution in [0.2, 0.25) is 0 Å². The zero-order valence-electron chi connectivity index (χ0n) is 11.2. The van der Waals surface area contributed by atoms with E-state index in [1.54, 1.807) is 6.20 Å². The van der Waals surface area contributed by atoms with Crippen LogP contribution in [0.25, 0.3) is 11.3 Å². The van der Waals surface area contributed by atoms with Crippen molar-refractivity contribution < 1.29 is 0 Å². The van der Waals surface area contributed by atoms with Crippen LogP contribution in [0.1, 0.15) is 33.5 Å². The van der Waals surface area contributed by atoms with Gasteiger partial charge in [0.05, 0.1) is 11.9 Å². The molecule has 0 bridgehead atoms. The number of aromatic amines is 1. The Kier molecular flexibility index (Phi) is 3.07. The van der Waals surface area contributed by atoms with Gasteiger partial charge < -0.3 is 4.98 Å². The highest BCUT2D eigenvalue weighted by Gasteiger charge is 2.18.